The highest BCUT2D eigenvalue weighted by molar-refractivity contribution is 5.77. The minimum atomic E-state index is 0.632. The van der Waals surface area contributed by atoms with Crippen LogP contribution in [0.4, 0.5) is 0 Å². The highest BCUT2D eigenvalue weighted by atomic mass is 16.5. The van der Waals surface area contributed by atoms with Gasteiger partial charge in [0.05, 0.1) is 6.61 Å². The van der Waals surface area contributed by atoms with E-state index in [9.17, 15) is 4.79 Å². The van der Waals surface area contributed by atoms with Gasteiger partial charge in [0.2, 0.25) is 0 Å². The number of carbonyl (C=O) groups is 1. The van der Waals surface area contributed by atoms with E-state index in [2.05, 4.69) is 13.5 Å². The van der Waals surface area contributed by atoms with Gasteiger partial charge in [-0.1, -0.05) is 38.1 Å². The van der Waals surface area contributed by atoms with Crippen molar-refractivity contribution in [2.45, 2.75) is 19.8 Å². The van der Waals surface area contributed by atoms with E-state index in [1.165, 1.54) is 0 Å². The summed E-state index contributed by atoms with van der Waals surface area (Å²) in [6.45, 7) is 6.63. The number of aldehydes is 1. The summed E-state index contributed by atoms with van der Waals surface area (Å²) in [5, 5.41) is 0. The maximum absolute atomic E-state index is 10.6. The van der Waals surface area contributed by atoms with Gasteiger partial charge >= 0.3 is 0 Å². The monoisotopic (exact) mass is 204 g/mol. The Balaban J connectivity index is 2.61. The molecule has 0 saturated heterocycles. The molecule has 15 heavy (non-hydrogen) atoms. The van der Waals surface area contributed by atoms with Crippen LogP contribution < -0.4 is 0 Å². The maximum atomic E-state index is 10.6. The largest absolute Gasteiger partial charge is 0.494 e. The Kier molecular flexibility index (Phi) is 4.61. The van der Waals surface area contributed by atoms with Gasteiger partial charge in [-0.2, -0.15) is 0 Å². The van der Waals surface area contributed by atoms with Crippen LogP contribution in [0.5, 0.6) is 0 Å². The normalized spacial score (nSPS) is 9.67. The molecule has 0 spiro atoms. The predicted molar refractivity (Wildman–Crippen MR) is 61.7 cm³/mol. The lowest BCUT2D eigenvalue weighted by Crippen LogP contribution is -1.94. The zero-order chi connectivity index (χ0) is 11.1. The Morgan fingerprint density at radius 2 is 2.33 bits per heavy atom. The molecule has 0 saturated carbocycles. The van der Waals surface area contributed by atoms with Gasteiger partial charge in [-0.3, -0.25) is 4.79 Å². The number of benzene rings is 1. The Hall–Kier alpha value is -1.57. The van der Waals surface area contributed by atoms with Gasteiger partial charge in [0.1, 0.15) is 12.0 Å². The van der Waals surface area contributed by atoms with Crippen LogP contribution in [0.2, 0.25) is 0 Å². The van der Waals surface area contributed by atoms with Gasteiger partial charge in [0, 0.05) is 11.1 Å². The summed E-state index contributed by atoms with van der Waals surface area (Å²) in [5.74, 6) is 0.632. The van der Waals surface area contributed by atoms with Crippen molar-refractivity contribution in [1.82, 2.24) is 0 Å². The molecule has 0 atom stereocenters. The zero-order valence-corrected chi connectivity index (χ0v) is 9.03. The summed E-state index contributed by atoms with van der Waals surface area (Å²) in [7, 11) is 0. The lowest BCUT2D eigenvalue weighted by molar-refractivity contribution is 0.112. The number of hydrogen-bond acceptors (Lipinski definition) is 2. The number of hydrogen-bond donors (Lipinski definition) is 0. The molecule has 0 aromatic heterocycles. The SMILES string of the molecule is C=C(OCCCC)c1cccc(C=O)c1. The molecule has 1 rings (SSSR count). The van der Waals surface area contributed by atoms with E-state index in [0.717, 1.165) is 24.7 Å². The molecule has 0 amide bonds. The number of carbonyl (C=O) groups excluding carboxylic acids is 1. The molecule has 0 aliphatic carbocycles. The molecule has 0 aliphatic rings. The van der Waals surface area contributed by atoms with Crippen LogP contribution in [-0.4, -0.2) is 12.9 Å². The van der Waals surface area contributed by atoms with Gasteiger partial charge < -0.3 is 4.74 Å². The quantitative estimate of drug-likeness (QED) is 0.404. The smallest absolute Gasteiger partial charge is 0.150 e. The Morgan fingerprint density at radius 3 is 3.00 bits per heavy atom. The molecular formula is C13H16O2. The lowest BCUT2D eigenvalue weighted by Gasteiger charge is -2.08. The minimum absolute atomic E-state index is 0.632. The number of unbranched alkanes of at least 4 members (excludes halogenated alkanes) is 1. The van der Waals surface area contributed by atoms with Crippen molar-refractivity contribution in [2.75, 3.05) is 6.61 Å². The summed E-state index contributed by atoms with van der Waals surface area (Å²) in [4.78, 5) is 10.6. The minimum Gasteiger partial charge on any atom is -0.494 e. The molecular weight excluding hydrogens is 188 g/mol. The molecule has 0 heterocycles. The van der Waals surface area contributed by atoms with Gasteiger partial charge in [0.15, 0.2) is 0 Å². The summed E-state index contributed by atoms with van der Waals surface area (Å²) >= 11 is 0. The Labute approximate surface area is 90.6 Å². The number of rotatable bonds is 6. The first-order chi connectivity index (χ1) is 7.27. The molecule has 0 fully saturated rings. The predicted octanol–water partition coefficient (Wildman–Crippen LogP) is 3.29. The first kappa shape index (κ1) is 11.5. The van der Waals surface area contributed by atoms with Crippen molar-refractivity contribution < 1.29 is 9.53 Å². The zero-order valence-electron chi connectivity index (χ0n) is 9.03. The van der Waals surface area contributed by atoms with E-state index >= 15 is 0 Å². The van der Waals surface area contributed by atoms with E-state index in [1.54, 1.807) is 12.1 Å². The van der Waals surface area contributed by atoms with Crippen molar-refractivity contribution in [1.29, 1.82) is 0 Å². The third-order valence-electron chi connectivity index (χ3n) is 2.12. The number of ether oxygens (including phenoxy) is 1. The molecule has 0 radical (unpaired) electrons. The molecule has 1 aromatic rings. The summed E-state index contributed by atoms with van der Waals surface area (Å²) < 4.78 is 5.46. The van der Waals surface area contributed by atoms with Crippen LogP contribution >= 0.6 is 0 Å². The van der Waals surface area contributed by atoms with Crippen molar-refractivity contribution in [3.05, 3.63) is 42.0 Å². The van der Waals surface area contributed by atoms with E-state index in [0.29, 0.717) is 17.9 Å². The van der Waals surface area contributed by atoms with Crippen molar-refractivity contribution in [3.63, 3.8) is 0 Å². The van der Waals surface area contributed by atoms with Crippen molar-refractivity contribution in [2.24, 2.45) is 0 Å². The second kappa shape index (κ2) is 6.02. The topological polar surface area (TPSA) is 26.3 Å². The van der Waals surface area contributed by atoms with Gasteiger partial charge in [-0.15, -0.1) is 0 Å². The molecule has 0 unspecified atom stereocenters. The fourth-order valence-electron chi connectivity index (χ4n) is 1.21. The molecule has 1 aromatic carbocycles. The third kappa shape index (κ3) is 3.58. The van der Waals surface area contributed by atoms with Crippen LogP contribution in [0, 0.1) is 0 Å². The fourth-order valence-corrected chi connectivity index (χ4v) is 1.21. The van der Waals surface area contributed by atoms with Gasteiger partial charge in [-0.05, 0) is 12.5 Å². The van der Waals surface area contributed by atoms with Crippen LogP contribution in [0.1, 0.15) is 35.7 Å². The second-order valence-corrected chi connectivity index (χ2v) is 3.37. The highest BCUT2D eigenvalue weighted by Gasteiger charge is 2.00. The molecule has 0 aliphatic heterocycles. The average molecular weight is 204 g/mol. The van der Waals surface area contributed by atoms with Crippen LogP contribution in [0.15, 0.2) is 30.8 Å². The standard InChI is InChI=1S/C13H16O2/c1-3-4-8-15-11(2)13-7-5-6-12(9-13)10-14/h5-7,9-10H,2-4,8H2,1H3. The van der Waals surface area contributed by atoms with Crippen molar-refractivity contribution in [3.8, 4) is 0 Å². The van der Waals surface area contributed by atoms with Crippen LogP contribution in [-0.2, 0) is 4.74 Å². The first-order valence-corrected chi connectivity index (χ1v) is 5.15. The summed E-state index contributed by atoms with van der Waals surface area (Å²) in [5.41, 5.74) is 1.52. The first-order valence-electron chi connectivity index (χ1n) is 5.15. The summed E-state index contributed by atoms with van der Waals surface area (Å²) in [6, 6.07) is 7.26. The lowest BCUT2D eigenvalue weighted by atomic mass is 10.1. The van der Waals surface area contributed by atoms with E-state index in [1.807, 2.05) is 12.1 Å². The molecule has 0 N–H and O–H groups in total. The average Bonchev–Trinajstić information content (AvgIpc) is 2.29. The van der Waals surface area contributed by atoms with Gasteiger partial charge in [-0.25, -0.2) is 0 Å². The van der Waals surface area contributed by atoms with Crippen LogP contribution in [0.3, 0.4) is 0 Å². The summed E-state index contributed by atoms with van der Waals surface area (Å²) in [6.07, 6.45) is 2.94. The third-order valence-corrected chi connectivity index (χ3v) is 2.12. The second-order valence-electron chi connectivity index (χ2n) is 3.37. The van der Waals surface area contributed by atoms with E-state index in [-0.39, 0.29) is 0 Å². The highest BCUT2D eigenvalue weighted by Crippen LogP contribution is 2.15. The maximum Gasteiger partial charge on any atom is 0.150 e. The fraction of sp³-hybridized carbons (Fsp3) is 0.308. The molecule has 2 heteroatoms. The Morgan fingerprint density at radius 1 is 1.53 bits per heavy atom. The van der Waals surface area contributed by atoms with E-state index in [4.69, 9.17) is 4.74 Å². The molecule has 2 nitrogen and oxygen atoms in total. The molecule has 80 valence electrons. The van der Waals surface area contributed by atoms with E-state index < -0.39 is 0 Å². The molecule has 0 bridgehead atoms. The van der Waals surface area contributed by atoms with Crippen molar-refractivity contribution >= 4 is 12.0 Å². The van der Waals surface area contributed by atoms with Crippen LogP contribution in [0.25, 0.3) is 5.76 Å². The Bertz CT molecular complexity index is 342. The van der Waals surface area contributed by atoms with Gasteiger partial charge in [0.25, 0.3) is 0 Å².